The number of carbonyl (C=O) groups excluding carboxylic acids is 1. The number of aromatic nitrogens is 2. The van der Waals surface area contributed by atoms with Crippen molar-refractivity contribution < 1.29 is 9.18 Å². The third-order valence-electron chi connectivity index (χ3n) is 3.42. The van der Waals surface area contributed by atoms with Gasteiger partial charge in [-0.2, -0.15) is 0 Å². The van der Waals surface area contributed by atoms with Crippen LogP contribution in [0.1, 0.15) is 23.3 Å². The van der Waals surface area contributed by atoms with E-state index < -0.39 is 11.7 Å². The first-order chi connectivity index (χ1) is 10.2. The monoisotopic (exact) mass is 286 g/mol. The Morgan fingerprint density at radius 3 is 2.57 bits per heavy atom. The van der Waals surface area contributed by atoms with Gasteiger partial charge in [-0.1, -0.05) is 12.1 Å². The second-order valence-corrected chi connectivity index (χ2v) is 4.89. The molecular weight excluding hydrogens is 271 g/mol. The third kappa shape index (κ3) is 2.99. The number of benzene rings is 1. The minimum absolute atomic E-state index is 0.132. The Kier molecular flexibility index (Phi) is 3.77. The normalized spacial score (nSPS) is 14.2. The molecular formula is C15H15FN4O. The van der Waals surface area contributed by atoms with Gasteiger partial charge in [-0.05, 0) is 25.0 Å². The molecule has 0 unspecified atom stereocenters. The van der Waals surface area contributed by atoms with Gasteiger partial charge in [-0.25, -0.2) is 14.4 Å². The van der Waals surface area contributed by atoms with Crippen molar-refractivity contribution in [1.29, 1.82) is 0 Å². The molecule has 6 heteroatoms. The molecule has 1 N–H and O–H groups in total. The number of para-hydroxylation sites is 1. The quantitative estimate of drug-likeness (QED) is 0.941. The summed E-state index contributed by atoms with van der Waals surface area (Å²) in [6, 6.07) is 6.01. The van der Waals surface area contributed by atoms with E-state index in [-0.39, 0.29) is 11.4 Å². The highest BCUT2D eigenvalue weighted by Gasteiger charge is 2.15. The Morgan fingerprint density at radius 2 is 1.90 bits per heavy atom. The summed E-state index contributed by atoms with van der Waals surface area (Å²) < 4.78 is 13.5. The highest BCUT2D eigenvalue weighted by Crippen LogP contribution is 2.17. The van der Waals surface area contributed by atoms with E-state index in [4.69, 9.17) is 0 Å². The van der Waals surface area contributed by atoms with Crippen molar-refractivity contribution in [3.8, 4) is 0 Å². The summed E-state index contributed by atoms with van der Waals surface area (Å²) >= 11 is 0. The summed E-state index contributed by atoms with van der Waals surface area (Å²) in [5.74, 6) is -0.178. The van der Waals surface area contributed by atoms with E-state index in [1.807, 2.05) is 0 Å². The maximum atomic E-state index is 13.5. The number of anilines is 2. The summed E-state index contributed by atoms with van der Waals surface area (Å²) in [7, 11) is 0. The van der Waals surface area contributed by atoms with E-state index in [1.165, 1.54) is 18.3 Å². The second kappa shape index (κ2) is 5.87. The molecule has 1 aromatic heterocycles. The van der Waals surface area contributed by atoms with Crippen molar-refractivity contribution in [3.63, 3.8) is 0 Å². The largest absolute Gasteiger partial charge is 0.355 e. The summed E-state index contributed by atoms with van der Waals surface area (Å²) in [6.07, 6.45) is 5.31. The molecule has 0 bridgehead atoms. The van der Waals surface area contributed by atoms with Crippen LogP contribution in [0.15, 0.2) is 36.7 Å². The highest BCUT2D eigenvalue weighted by atomic mass is 19.1. The second-order valence-electron chi connectivity index (χ2n) is 4.89. The third-order valence-corrected chi connectivity index (χ3v) is 3.42. The number of hydrogen-bond donors (Lipinski definition) is 1. The SMILES string of the molecule is O=C(Nc1ccccc1F)c1cnc(N2CCCC2)cn1. The molecule has 5 nitrogen and oxygen atoms in total. The number of halogens is 1. The van der Waals surface area contributed by atoms with Crippen molar-refractivity contribution in [3.05, 3.63) is 48.2 Å². The van der Waals surface area contributed by atoms with Crippen LogP contribution >= 0.6 is 0 Å². The van der Waals surface area contributed by atoms with E-state index in [0.717, 1.165) is 31.7 Å². The minimum Gasteiger partial charge on any atom is -0.355 e. The van der Waals surface area contributed by atoms with E-state index in [9.17, 15) is 9.18 Å². The minimum atomic E-state index is -0.479. The number of amides is 1. The standard InChI is InChI=1S/C15H15FN4O/c16-11-5-1-2-6-12(11)19-15(21)13-9-18-14(10-17-13)20-7-3-4-8-20/h1-2,5-6,9-10H,3-4,7-8H2,(H,19,21). The number of carbonyl (C=O) groups is 1. The lowest BCUT2D eigenvalue weighted by Gasteiger charge is -2.15. The molecule has 21 heavy (non-hydrogen) atoms. The zero-order valence-electron chi connectivity index (χ0n) is 11.4. The van der Waals surface area contributed by atoms with Gasteiger partial charge in [-0.3, -0.25) is 4.79 Å². The Hall–Kier alpha value is -2.50. The Labute approximate surface area is 121 Å². The van der Waals surface area contributed by atoms with Crippen LogP contribution in [-0.4, -0.2) is 29.0 Å². The van der Waals surface area contributed by atoms with Gasteiger partial charge < -0.3 is 10.2 Å². The molecule has 1 amide bonds. The van der Waals surface area contributed by atoms with Crippen molar-refractivity contribution in [2.45, 2.75) is 12.8 Å². The molecule has 3 rings (SSSR count). The fourth-order valence-corrected chi connectivity index (χ4v) is 2.30. The van der Waals surface area contributed by atoms with Gasteiger partial charge in [0.1, 0.15) is 17.3 Å². The number of nitrogens with one attached hydrogen (secondary N) is 1. The zero-order valence-corrected chi connectivity index (χ0v) is 11.4. The average molecular weight is 286 g/mol. The summed E-state index contributed by atoms with van der Waals surface area (Å²) in [5, 5.41) is 2.49. The van der Waals surface area contributed by atoms with Gasteiger partial charge in [0.2, 0.25) is 0 Å². The molecule has 0 spiro atoms. The molecule has 0 saturated carbocycles. The van der Waals surface area contributed by atoms with Crippen molar-refractivity contribution in [2.24, 2.45) is 0 Å². The molecule has 2 heterocycles. The van der Waals surface area contributed by atoms with Crippen LogP contribution in [0.2, 0.25) is 0 Å². The predicted molar refractivity (Wildman–Crippen MR) is 77.8 cm³/mol. The van der Waals surface area contributed by atoms with E-state index in [2.05, 4.69) is 20.2 Å². The van der Waals surface area contributed by atoms with Crippen molar-refractivity contribution in [2.75, 3.05) is 23.3 Å². The van der Waals surface area contributed by atoms with Crippen LogP contribution in [0, 0.1) is 5.82 Å². The molecule has 1 fully saturated rings. The summed E-state index contributed by atoms with van der Waals surface area (Å²) in [4.78, 5) is 22.5. The van der Waals surface area contributed by atoms with Gasteiger partial charge in [-0.15, -0.1) is 0 Å². The highest BCUT2D eigenvalue weighted by molar-refractivity contribution is 6.02. The molecule has 0 radical (unpaired) electrons. The predicted octanol–water partition coefficient (Wildman–Crippen LogP) is 2.47. The van der Waals surface area contributed by atoms with Crippen LogP contribution in [0.25, 0.3) is 0 Å². The fourth-order valence-electron chi connectivity index (χ4n) is 2.30. The number of hydrogen-bond acceptors (Lipinski definition) is 4. The zero-order chi connectivity index (χ0) is 14.7. The summed E-state index contributed by atoms with van der Waals surface area (Å²) in [6.45, 7) is 1.94. The number of nitrogens with zero attached hydrogens (tertiary/aromatic N) is 3. The van der Waals surface area contributed by atoms with Crippen LogP contribution < -0.4 is 10.2 Å². The van der Waals surface area contributed by atoms with Crippen LogP contribution in [0.4, 0.5) is 15.9 Å². The number of rotatable bonds is 3. The van der Waals surface area contributed by atoms with Crippen molar-refractivity contribution in [1.82, 2.24) is 9.97 Å². The molecule has 1 aromatic carbocycles. The molecule has 0 atom stereocenters. The van der Waals surface area contributed by atoms with Gasteiger partial charge in [0.05, 0.1) is 18.1 Å². The maximum Gasteiger partial charge on any atom is 0.275 e. The van der Waals surface area contributed by atoms with Gasteiger partial charge in [0.25, 0.3) is 5.91 Å². The molecule has 1 saturated heterocycles. The van der Waals surface area contributed by atoms with E-state index >= 15 is 0 Å². The first-order valence-electron chi connectivity index (χ1n) is 6.87. The maximum absolute atomic E-state index is 13.5. The fraction of sp³-hybridized carbons (Fsp3) is 0.267. The topological polar surface area (TPSA) is 58.1 Å². The van der Waals surface area contributed by atoms with Crippen LogP contribution in [0.3, 0.4) is 0 Å². The van der Waals surface area contributed by atoms with Gasteiger partial charge in [0, 0.05) is 13.1 Å². The first-order valence-corrected chi connectivity index (χ1v) is 6.87. The molecule has 108 valence electrons. The smallest absolute Gasteiger partial charge is 0.275 e. The summed E-state index contributed by atoms with van der Waals surface area (Å²) in [5.41, 5.74) is 0.300. The first kappa shape index (κ1) is 13.5. The molecule has 1 aliphatic heterocycles. The Balaban J connectivity index is 1.71. The van der Waals surface area contributed by atoms with Crippen molar-refractivity contribution >= 4 is 17.4 Å². The van der Waals surface area contributed by atoms with E-state index in [0.29, 0.717) is 0 Å². The van der Waals surface area contributed by atoms with E-state index in [1.54, 1.807) is 18.3 Å². The lowest BCUT2D eigenvalue weighted by atomic mass is 10.3. The van der Waals surface area contributed by atoms with Gasteiger partial charge >= 0.3 is 0 Å². The van der Waals surface area contributed by atoms with Crippen LogP contribution in [0.5, 0.6) is 0 Å². The molecule has 2 aromatic rings. The molecule has 1 aliphatic rings. The average Bonchev–Trinajstić information content (AvgIpc) is 3.04. The Morgan fingerprint density at radius 1 is 1.14 bits per heavy atom. The molecule has 0 aliphatic carbocycles. The lowest BCUT2D eigenvalue weighted by Crippen LogP contribution is -2.20. The van der Waals surface area contributed by atoms with Gasteiger partial charge in [0.15, 0.2) is 0 Å². The Bertz CT molecular complexity index is 638. The lowest BCUT2D eigenvalue weighted by molar-refractivity contribution is 0.102. The van der Waals surface area contributed by atoms with Crippen LogP contribution in [-0.2, 0) is 0 Å².